The van der Waals surface area contributed by atoms with Gasteiger partial charge in [0.25, 0.3) is 11.8 Å². The number of hydrogen-bond acceptors (Lipinski definition) is 5. The van der Waals surface area contributed by atoms with Gasteiger partial charge in [-0.2, -0.15) is 5.10 Å². The average molecular weight is 531 g/mol. The molecule has 200 valence electrons. The van der Waals surface area contributed by atoms with Gasteiger partial charge in [0, 0.05) is 23.1 Å². The zero-order valence-corrected chi connectivity index (χ0v) is 20.3. The van der Waals surface area contributed by atoms with Gasteiger partial charge < -0.3 is 15.2 Å². The van der Waals surface area contributed by atoms with E-state index in [0.717, 1.165) is 47.9 Å². The van der Waals surface area contributed by atoms with Crippen LogP contribution in [0.4, 0.5) is 17.6 Å². The van der Waals surface area contributed by atoms with Crippen LogP contribution in [-0.2, 0) is 22.4 Å². The van der Waals surface area contributed by atoms with Gasteiger partial charge >= 0.3 is 0 Å². The molecule has 4 aliphatic carbocycles. The van der Waals surface area contributed by atoms with Gasteiger partial charge in [0.15, 0.2) is 12.2 Å². The zero-order chi connectivity index (χ0) is 26.8. The van der Waals surface area contributed by atoms with Gasteiger partial charge in [-0.3, -0.25) is 4.79 Å². The number of aromatic nitrogens is 3. The molecule has 11 heteroatoms. The Labute approximate surface area is 215 Å². The molecule has 4 aliphatic rings. The minimum atomic E-state index is -3.76. The summed E-state index contributed by atoms with van der Waals surface area (Å²) in [6.45, 7) is -0.849. The number of hydrogen-bond donors (Lipinski definition) is 2. The Balaban J connectivity index is 1.19. The minimum Gasteiger partial charge on any atom is -0.484 e. The van der Waals surface area contributed by atoms with Gasteiger partial charge in [-0.1, -0.05) is 12.1 Å². The Bertz CT molecular complexity index is 1340. The molecule has 3 aromatic rings. The Kier molecular flexibility index (Phi) is 5.57. The summed E-state index contributed by atoms with van der Waals surface area (Å²) in [7, 11) is 0. The summed E-state index contributed by atoms with van der Waals surface area (Å²) < 4.78 is 67.5. The Morgan fingerprint density at radius 2 is 1.84 bits per heavy atom. The molecular formula is C27H26F4N4O3. The molecule has 1 unspecified atom stereocenters. The largest absolute Gasteiger partial charge is 0.484 e. The molecule has 0 saturated heterocycles. The predicted octanol–water partition coefficient (Wildman–Crippen LogP) is 3.86. The number of benzene rings is 2. The number of halogens is 4. The molecule has 0 radical (unpaired) electrons. The molecule has 0 aliphatic heterocycles. The zero-order valence-electron chi connectivity index (χ0n) is 20.3. The fourth-order valence-electron chi connectivity index (χ4n) is 6.14. The lowest BCUT2D eigenvalue weighted by molar-refractivity contribution is -0.347. The first-order valence-corrected chi connectivity index (χ1v) is 12.5. The lowest BCUT2D eigenvalue weighted by Gasteiger charge is -2.74. The van der Waals surface area contributed by atoms with E-state index in [4.69, 9.17) is 4.74 Å². The standard InChI is InChI=1S/C27H26F4N4O3/c28-18-3-8-21(22(29)9-18)26(37,14-35-16-32-15-33-35)27(30,31)25-11-24(12-25,13-25)17-1-6-20(7-2-17)38-10-23(36)34-19-4-5-19/h1-3,6-9,15-16,19,37H,4-5,10-14H2,(H,34,36). The molecule has 1 heterocycles. The Hall–Kier alpha value is -3.47. The lowest BCUT2D eigenvalue weighted by atomic mass is 9.30. The normalized spacial score (nSPS) is 25.6. The highest BCUT2D eigenvalue weighted by molar-refractivity contribution is 5.78. The summed E-state index contributed by atoms with van der Waals surface area (Å²) in [5.74, 6) is -5.63. The van der Waals surface area contributed by atoms with E-state index < -0.39 is 46.1 Å². The second-order valence-electron chi connectivity index (χ2n) is 10.9. The summed E-state index contributed by atoms with van der Waals surface area (Å²) in [4.78, 5) is 15.6. The number of nitrogens with zero attached hydrogens (tertiary/aromatic N) is 3. The van der Waals surface area contributed by atoms with E-state index in [2.05, 4.69) is 15.4 Å². The molecule has 4 saturated carbocycles. The van der Waals surface area contributed by atoms with Crippen LogP contribution in [0.3, 0.4) is 0 Å². The van der Waals surface area contributed by atoms with Crippen molar-refractivity contribution in [3.8, 4) is 5.75 Å². The van der Waals surface area contributed by atoms with Gasteiger partial charge in [-0.25, -0.2) is 27.2 Å². The van der Waals surface area contributed by atoms with E-state index in [1.165, 1.54) is 0 Å². The second-order valence-corrected chi connectivity index (χ2v) is 10.9. The van der Waals surface area contributed by atoms with Crippen LogP contribution >= 0.6 is 0 Å². The first kappa shape index (κ1) is 24.8. The smallest absolute Gasteiger partial charge is 0.287 e. The number of nitrogens with one attached hydrogen (secondary N) is 1. The lowest BCUT2D eigenvalue weighted by Crippen LogP contribution is -2.76. The van der Waals surface area contributed by atoms with Gasteiger partial charge in [0.2, 0.25) is 0 Å². The van der Waals surface area contributed by atoms with Crippen LogP contribution < -0.4 is 10.1 Å². The molecule has 1 aromatic heterocycles. The predicted molar refractivity (Wildman–Crippen MR) is 126 cm³/mol. The van der Waals surface area contributed by atoms with Crippen LogP contribution in [0.2, 0.25) is 0 Å². The van der Waals surface area contributed by atoms with Crippen molar-refractivity contribution < 1.29 is 32.2 Å². The maximum atomic E-state index is 16.3. The summed E-state index contributed by atoms with van der Waals surface area (Å²) in [5.41, 5.74) is -4.85. The SMILES string of the molecule is O=C(COc1ccc(C23CC(C(F)(F)C(O)(Cn4cncn4)c4ccc(F)cc4F)(C2)C3)cc1)NC1CC1. The van der Waals surface area contributed by atoms with Crippen LogP contribution in [0.5, 0.6) is 5.75 Å². The number of carbonyl (C=O) groups excluding carboxylic acids is 1. The second kappa shape index (κ2) is 8.52. The summed E-state index contributed by atoms with van der Waals surface area (Å²) in [6.07, 6.45) is 4.55. The van der Waals surface area contributed by atoms with Crippen molar-refractivity contribution in [2.45, 2.75) is 61.6 Å². The highest BCUT2D eigenvalue weighted by atomic mass is 19.3. The van der Waals surface area contributed by atoms with E-state index in [1.807, 2.05) is 0 Å². The molecule has 7 rings (SSSR count). The van der Waals surface area contributed by atoms with Crippen molar-refractivity contribution in [1.29, 1.82) is 0 Å². The summed E-state index contributed by atoms with van der Waals surface area (Å²) >= 11 is 0. The molecule has 0 spiro atoms. The Morgan fingerprint density at radius 1 is 1.13 bits per heavy atom. The van der Waals surface area contributed by atoms with Crippen molar-refractivity contribution in [2.75, 3.05) is 6.61 Å². The number of amides is 1. The fourth-order valence-corrected chi connectivity index (χ4v) is 6.14. The van der Waals surface area contributed by atoms with Crippen molar-refractivity contribution in [2.24, 2.45) is 5.41 Å². The van der Waals surface area contributed by atoms with Gasteiger partial charge in [0.05, 0.1) is 6.54 Å². The molecule has 1 amide bonds. The van der Waals surface area contributed by atoms with Crippen LogP contribution in [-0.4, -0.2) is 44.3 Å². The van der Waals surface area contributed by atoms with E-state index in [-0.39, 0.29) is 37.8 Å². The number of carbonyl (C=O) groups is 1. The van der Waals surface area contributed by atoms with Crippen molar-refractivity contribution in [3.05, 3.63) is 77.9 Å². The number of ether oxygens (including phenoxy) is 1. The van der Waals surface area contributed by atoms with E-state index in [0.29, 0.717) is 11.8 Å². The first-order valence-electron chi connectivity index (χ1n) is 12.5. The minimum absolute atomic E-state index is 0.0966. The molecule has 2 N–H and O–H groups in total. The van der Waals surface area contributed by atoms with Crippen molar-refractivity contribution in [1.82, 2.24) is 20.1 Å². The van der Waals surface area contributed by atoms with E-state index in [9.17, 15) is 18.7 Å². The van der Waals surface area contributed by atoms with Crippen LogP contribution in [0.25, 0.3) is 0 Å². The molecule has 38 heavy (non-hydrogen) atoms. The molecule has 7 nitrogen and oxygen atoms in total. The number of aliphatic hydroxyl groups is 1. The van der Waals surface area contributed by atoms with Crippen LogP contribution in [0, 0.1) is 17.0 Å². The first-order chi connectivity index (χ1) is 18.1. The fraction of sp³-hybridized carbons (Fsp3) is 0.444. The van der Waals surface area contributed by atoms with Crippen LogP contribution in [0.15, 0.2) is 55.1 Å². The molecule has 2 aromatic carbocycles. The van der Waals surface area contributed by atoms with Gasteiger partial charge in [0.1, 0.15) is 30.0 Å². The van der Waals surface area contributed by atoms with Gasteiger partial charge in [-0.15, -0.1) is 0 Å². The van der Waals surface area contributed by atoms with E-state index >= 15 is 8.78 Å². The molecule has 2 bridgehead atoms. The molecular weight excluding hydrogens is 504 g/mol. The Morgan fingerprint density at radius 3 is 2.45 bits per heavy atom. The molecule has 1 atom stereocenters. The number of alkyl halides is 2. The summed E-state index contributed by atoms with van der Waals surface area (Å²) in [5, 5.41) is 18.1. The van der Waals surface area contributed by atoms with Crippen molar-refractivity contribution >= 4 is 5.91 Å². The third kappa shape index (κ3) is 3.86. The highest BCUT2D eigenvalue weighted by Crippen LogP contribution is 2.80. The quantitative estimate of drug-likeness (QED) is 0.389. The third-order valence-corrected chi connectivity index (χ3v) is 8.23. The third-order valence-electron chi connectivity index (χ3n) is 8.23. The van der Waals surface area contributed by atoms with Crippen molar-refractivity contribution in [3.63, 3.8) is 0 Å². The monoisotopic (exact) mass is 530 g/mol. The number of rotatable bonds is 10. The molecule has 4 fully saturated rings. The maximum Gasteiger partial charge on any atom is 0.287 e. The van der Waals surface area contributed by atoms with E-state index in [1.54, 1.807) is 24.3 Å². The highest BCUT2D eigenvalue weighted by Gasteiger charge is 2.82. The maximum absolute atomic E-state index is 16.3. The van der Waals surface area contributed by atoms with Crippen LogP contribution in [0.1, 0.15) is 43.2 Å². The topological polar surface area (TPSA) is 89.3 Å². The average Bonchev–Trinajstić information content (AvgIpc) is 3.48. The van der Waals surface area contributed by atoms with Gasteiger partial charge in [-0.05, 0) is 67.3 Å². The summed E-state index contributed by atoms with van der Waals surface area (Å²) in [6, 6.07) is 9.47.